The average molecular weight is 726 g/mol. The average Bonchev–Trinajstić information content (AvgIpc) is 3.57. The molecule has 49 heavy (non-hydrogen) atoms. The van der Waals surface area contributed by atoms with Gasteiger partial charge in [0.05, 0.1) is 37.0 Å². The van der Waals surface area contributed by atoms with Crippen LogP contribution in [0.4, 0.5) is 0 Å². The van der Waals surface area contributed by atoms with Crippen LogP contribution in [0.15, 0.2) is 84.9 Å². The molecule has 0 radical (unpaired) electrons. The van der Waals surface area contributed by atoms with E-state index in [9.17, 15) is 14.7 Å². The van der Waals surface area contributed by atoms with E-state index in [0.29, 0.717) is 39.3 Å². The van der Waals surface area contributed by atoms with E-state index in [-0.39, 0.29) is 48.5 Å². The predicted octanol–water partition coefficient (Wildman–Crippen LogP) is 6.88. The second-order valence-electron chi connectivity index (χ2n) is 11.2. The number of aliphatic hydroxyl groups excluding tert-OH is 1. The van der Waals surface area contributed by atoms with Crippen molar-refractivity contribution in [3.8, 4) is 23.0 Å². The van der Waals surface area contributed by atoms with Gasteiger partial charge in [0.15, 0.2) is 23.0 Å². The molecule has 2 atom stereocenters. The number of methoxy groups -OCH3 is 2. The molecule has 1 aliphatic heterocycles. The zero-order chi connectivity index (χ0) is 34.9. The number of hydrogen-bond donors (Lipinski definition) is 2. The number of carbonyl (C=O) groups excluding carboxylic acids is 2. The summed E-state index contributed by atoms with van der Waals surface area (Å²) < 4.78 is 21.6. The molecule has 12 heteroatoms. The van der Waals surface area contributed by atoms with E-state index in [4.69, 9.17) is 53.8 Å². The van der Waals surface area contributed by atoms with Crippen LogP contribution >= 0.6 is 34.8 Å². The number of rotatable bonds is 14. The molecule has 0 fully saturated rings. The molecule has 5 rings (SSSR count). The van der Waals surface area contributed by atoms with Gasteiger partial charge in [0.1, 0.15) is 0 Å². The first kappa shape index (κ1) is 35.9. The van der Waals surface area contributed by atoms with Crippen LogP contribution in [0.5, 0.6) is 23.0 Å². The molecule has 0 aromatic heterocycles. The fraction of sp³-hybridized carbons (Fsp3) is 0.243. The van der Waals surface area contributed by atoms with E-state index < -0.39 is 18.1 Å². The third-order valence-corrected chi connectivity index (χ3v) is 9.06. The fourth-order valence-electron chi connectivity index (χ4n) is 5.40. The second kappa shape index (κ2) is 16.8. The lowest BCUT2D eigenvalue weighted by Gasteiger charge is -2.30. The summed E-state index contributed by atoms with van der Waals surface area (Å²) in [5.74, 6) is 0.945. The Bertz CT molecular complexity index is 1800. The van der Waals surface area contributed by atoms with Crippen LogP contribution in [0.1, 0.15) is 27.0 Å². The number of benzene rings is 4. The van der Waals surface area contributed by atoms with Crippen LogP contribution in [0.2, 0.25) is 15.1 Å². The van der Waals surface area contributed by atoms with E-state index in [1.54, 1.807) is 30.3 Å². The molecular formula is C37H35Cl3N2O7. The van der Waals surface area contributed by atoms with Crippen LogP contribution in [-0.4, -0.2) is 68.1 Å². The van der Waals surface area contributed by atoms with E-state index in [1.165, 1.54) is 31.3 Å². The highest BCUT2D eigenvalue weighted by molar-refractivity contribution is 6.37. The molecule has 0 saturated carbocycles. The van der Waals surface area contributed by atoms with E-state index in [0.717, 1.165) is 11.1 Å². The molecule has 2 N–H and O–H groups in total. The lowest BCUT2D eigenvalue weighted by Crippen LogP contribution is -2.50. The van der Waals surface area contributed by atoms with Crippen LogP contribution in [0.3, 0.4) is 0 Å². The van der Waals surface area contributed by atoms with Crippen molar-refractivity contribution in [2.45, 2.75) is 25.0 Å². The zero-order valence-electron chi connectivity index (χ0n) is 26.8. The molecular weight excluding hydrogens is 691 g/mol. The normalized spacial score (nSPS) is 13.2. The van der Waals surface area contributed by atoms with Crippen molar-refractivity contribution in [2.75, 3.05) is 34.1 Å². The molecule has 9 nitrogen and oxygen atoms in total. The van der Waals surface area contributed by atoms with Gasteiger partial charge < -0.3 is 34.3 Å². The number of hydrogen-bond acceptors (Lipinski definition) is 7. The van der Waals surface area contributed by atoms with E-state index in [2.05, 4.69) is 5.32 Å². The monoisotopic (exact) mass is 724 g/mol. The van der Waals surface area contributed by atoms with Gasteiger partial charge in [0, 0.05) is 34.8 Å². The molecule has 2 unspecified atom stereocenters. The summed E-state index contributed by atoms with van der Waals surface area (Å²) in [6.07, 6.45) is 2.45. The van der Waals surface area contributed by atoms with Gasteiger partial charge in [-0.25, -0.2) is 0 Å². The number of carbonyl (C=O) groups is 2. The van der Waals surface area contributed by atoms with Crippen molar-refractivity contribution in [1.82, 2.24) is 10.2 Å². The number of amides is 2. The summed E-state index contributed by atoms with van der Waals surface area (Å²) >= 11 is 19.2. The molecule has 4 aromatic carbocycles. The summed E-state index contributed by atoms with van der Waals surface area (Å²) in [5, 5.41) is 15.5. The lowest BCUT2D eigenvalue weighted by molar-refractivity contribution is -0.127. The van der Waals surface area contributed by atoms with Gasteiger partial charge in [-0.15, -0.1) is 0 Å². The Kier molecular flexibility index (Phi) is 12.3. The number of aliphatic hydroxyl groups is 1. The smallest absolute Gasteiger partial charge is 0.253 e. The first-order valence-electron chi connectivity index (χ1n) is 15.4. The van der Waals surface area contributed by atoms with Gasteiger partial charge in [-0.05, 0) is 66.4 Å². The number of nitrogens with one attached hydrogen (secondary N) is 1. The Morgan fingerprint density at radius 1 is 0.918 bits per heavy atom. The first-order chi connectivity index (χ1) is 23.7. The van der Waals surface area contributed by atoms with Crippen LogP contribution in [0.25, 0.3) is 6.08 Å². The second-order valence-corrected chi connectivity index (χ2v) is 12.4. The topological polar surface area (TPSA) is 107 Å². The van der Waals surface area contributed by atoms with Crippen molar-refractivity contribution in [3.63, 3.8) is 0 Å². The molecule has 0 saturated heterocycles. The van der Waals surface area contributed by atoms with Gasteiger partial charge in [-0.1, -0.05) is 77.3 Å². The summed E-state index contributed by atoms with van der Waals surface area (Å²) in [7, 11) is 2.90. The Hall–Kier alpha value is -4.41. The van der Waals surface area contributed by atoms with Gasteiger partial charge >= 0.3 is 0 Å². The van der Waals surface area contributed by atoms with Gasteiger partial charge in [-0.3, -0.25) is 9.59 Å². The van der Waals surface area contributed by atoms with Gasteiger partial charge in [0.2, 0.25) is 12.7 Å². The molecule has 2 amide bonds. The highest BCUT2D eigenvalue weighted by Crippen LogP contribution is 2.37. The molecule has 4 aromatic rings. The minimum absolute atomic E-state index is 0.0659. The molecule has 1 aliphatic rings. The van der Waals surface area contributed by atoms with E-state index in [1.807, 2.05) is 48.5 Å². The number of ether oxygens (including phenoxy) is 4. The summed E-state index contributed by atoms with van der Waals surface area (Å²) in [6.45, 7) is 0.277. The standard InChI is InChI=1S/C37H35Cl3N2O7/c1-46-32-15-12-26(35(40)36(32)47-2)37(45)41-29(19-23-7-4-3-5-8-23)30(43)21-42(18-17-24-11-14-31-33(20-24)49-22-48-31)34(44)16-13-25-27(38)9-6-10-28(25)39/h3-16,20,29-30,43H,17-19,21-22H2,1-2H3,(H,41,45)/b16-13+. The predicted molar refractivity (Wildman–Crippen MR) is 190 cm³/mol. The van der Waals surface area contributed by atoms with Crippen molar-refractivity contribution in [1.29, 1.82) is 0 Å². The van der Waals surface area contributed by atoms with Crippen molar-refractivity contribution in [2.24, 2.45) is 0 Å². The first-order valence-corrected chi connectivity index (χ1v) is 16.5. The molecule has 0 bridgehead atoms. The minimum Gasteiger partial charge on any atom is -0.493 e. The SMILES string of the molecule is COc1ccc(C(=O)NC(Cc2ccccc2)C(O)CN(CCc2ccc3c(c2)OCO3)C(=O)/C=C/c2c(Cl)cccc2Cl)c(Cl)c1OC. The Morgan fingerprint density at radius 3 is 2.37 bits per heavy atom. The number of nitrogens with zero attached hydrogens (tertiary/aromatic N) is 1. The van der Waals surface area contributed by atoms with Crippen molar-refractivity contribution in [3.05, 3.63) is 122 Å². The molecule has 1 heterocycles. The molecule has 0 aliphatic carbocycles. The highest BCUT2D eigenvalue weighted by atomic mass is 35.5. The Morgan fingerprint density at radius 2 is 1.65 bits per heavy atom. The minimum atomic E-state index is -1.19. The third-order valence-electron chi connectivity index (χ3n) is 8.03. The summed E-state index contributed by atoms with van der Waals surface area (Å²) in [4.78, 5) is 28.9. The molecule has 0 spiro atoms. The number of halogens is 3. The van der Waals surface area contributed by atoms with Gasteiger partial charge in [0.25, 0.3) is 5.91 Å². The van der Waals surface area contributed by atoms with Crippen molar-refractivity contribution < 1.29 is 33.6 Å². The van der Waals surface area contributed by atoms with Crippen LogP contribution in [-0.2, 0) is 17.6 Å². The molecule has 256 valence electrons. The maximum Gasteiger partial charge on any atom is 0.253 e. The third kappa shape index (κ3) is 8.99. The van der Waals surface area contributed by atoms with E-state index >= 15 is 0 Å². The number of fused-ring (bicyclic) bond motifs is 1. The maximum absolute atomic E-state index is 13.7. The fourth-order valence-corrected chi connectivity index (χ4v) is 6.24. The van der Waals surface area contributed by atoms with Crippen molar-refractivity contribution >= 4 is 52.7 Å². The largest absolute Gasteiger partial charge is 0.493 e. The Balaban J connectivity index is 1.41. The highest BCUT2D eigenvalue weighted by Gasteiger charge is 2.28. The summed E-state index contributed by atoms with van der Waals surface area (Å²) in [5.41, 5.74) is 2.42. The van der Waals surface area contributed by atoms with Crippen LogP contribution < -0.4 is 24.3 Å². The Labute approximate surface area is 299 Å². The summed E-state index contributed by atoms with van der Waals surface area (Å²) in [6, 6.07) is 22.4. The quantitative estimate of drug-likeness (QED) is 0.137. The van der Waals surface area contributed by atoms with Gasteiger partial charge in [-0.2, -0.15) is 0 Å². The zero-order valence-corrected chi connectivity index (χ0v) is 29.1. The lowest BCUT2D eigenvalue weighted by atomic mass is 9.99. The maximum atomic E-state index is 13.7. The van der Waals surface area contributed by atoms with Crippen LogP contribution in [0, 0.1) is 0 Å².